The van der Waals surface area contributed by atoms with Crippen LogP contribution in [-0.2, 0) is 21.1 Å². The van der Waals surface area contributed by atoms with Crippen molar-refractivity contribution in [2.45, 2.75) is 13.8 Å². The zero-order chi connectivity index (χ0) is 9.42. The monoisotopic (exact) mass is 357 g/mol. The van der Waals surface area contributed by atoms with Crippen LogP contribution in [0.3, 0.4) is 0 Å². The predicted octanol–water partition coefficient (Wildman–Crippen LogP) is 2.21. The van der Waals surface area contributed by atoms with E-state index in [-0.39, 0.29) is 21.1 Å². The predicted molar refractivity (Wildman–Crippen MR) is 50.8 cm³/mol. The minimum absolute atomic E-state index is 0. The number of rotatable bonds is 0. The van der Waals surface area contributed by atoms with Crippen LogP contribution in [0, 0.1) is 19.9 Å². The molecule has 0 spiro atoms. The molecule has 0 N–H and O–H groups in total. The Labute approximate surface area is 96.2 Å². The first-order chi connectivity index (χ1) is 6.16. The zero-order valence-electron chi connectivity index (χ0n) is 7.96. The molecule has 0 atom stereocenters. The van der Waals surface area contributed by atoms with E-state index in [4.69, 9.17) is 4.42 Å². The molecule has 0 saturated carbocycles. The third-order valence-corrected chi connectivity index (χ3v) is 2.03. The van der Waals surface area contributed by atoms with Gasteiger partial charge in [0.25, 0.3) is 0 Å². The van der Waals surface area contributed by atoms with E-state index in [1.807, 2.05) is 32.0 Å². The standard InChI is InChI=1S/C11H9O2.W/c1-7-3-4-9-8(2)6-11(12)13-10(9)5-7;/h3-5H,1-2H3;/q-1;. The van der Waals surface area contributed by atoms with Gasteiger partial charge in [-0.3, -0.25) is 4.79 Å². The maximum Gasteiger partial charge on any atom is 0.242 e. The Morgan fingerprint density at radius 1 is 1.29 bits per heavy atom. The molecule has 1 aromatic heterocycles. The Balaban J connectivity index is 0.000000980. The molecule has 2 aromatic rings. The van der Waals surface area contributed by atoms with Gasteiger partial charge < -0.3 is 4.42 Å². The Morgan fingerprint density at radius 3 is 2.71 bits per heavy atom. The summed E-state index contributed by atoms with van der Waals surface area (Å²) in [4.78, 5) is 11.0. The van der Waals surface area contributed by atoms with Crippen LogP contribution in [-0.4, -0.2) is 0 Å². The van der Waals surface area contributed by atoms with E-state index in [1.54, 1.807) is 0 Å². The molecule has 3 heteroatoms. The van der Waals surface area contributed by atoms with Crippen molar-refractivity contribution >= 4 is 11.0 Å². The van der Waals surface area contributed by atoms with Crippen LogP contribution in [0.15, 0.2) is 27.4 Å². The normalized spacial score (nSPS) is 9.86. The molecular weight excluding hydrogens is 348 g/mol. The molecule has 0 amide bonds. The molecule has 0 saturated heterocycles. The minimum Gasteiger partial charge on any atom is -0.456 e. The van der Waals surface area contributed by atoms with Crippen LogP contribution in [0.1, 0.15) is 11.1 Å². The Hall–Kier alpha value is -0.882. The average molecular weight is 357 g/mol. The number of aryl methyl sites for hydroxylation is 2. The second-order valence-electron chi connectivity index (χ2n) is 3.14. The van der Waals surface area contributed by atoms with Gasteiger partial charge in [0.2, 0.25) is 5.63 Å². The molecule has 0 aliphatic heterocycles. The second-order valence-corrected chi connectivity index (χ2v) is 3.14. The summed E-state index contributed by atoms with van der Waals surface area (Å²) in [5.41, 5.74) is 2.16. The summed E-state index contributed by atoms with van der Waals surface area (Å²) in [7, 11) is 0. The smallest absolute Gasteiger partial charge is 0.242 e. The van der Waals surface area contributed by atoms with Gasteiger partial charge in [0.1, 0.15) is 0 Å². The Morgan fingerprint density at radius 2 is 2.00 bits per heavy atom. The van der Waals surface area contributed by atoms with Gasteiger partial charge in [0, 0.05) is 21.1 Å². The van der Waals surface area contributed by atoms with Crippen molar-refractivity contribution in [1.82, 2.24) is 0 Å². The molecule has 1 aromatic carbocycles. The van der Waals surface area contributed by atoms with Crippen LogP contribution in [0.25, 0.3) is 11.0 Å². The summed E-state index contributed by atoms with van der Waals surface area (Å²) in [6, 6.07) is 8.40. The molecule has 0 unspecified atom stereocenters. The summed E-state index contributed by atoms with van der Waals surface area (Å²) in [5.74, 6) is 0. The molecule has 2 rings (SSSR count). The summed E-state index contributed by atoms with van der Waals surface area (Å²) in [6.07, 6.45) is 0. The first-order valence-electron chi connectivity index (χ1n) is 4.10. The first-order valence-corrected chi connectivity index (χ1v) is 4.10. The Bertz CT molecular complexity index is 514. The van der Waals surface area contributed by atoms with E-state index >= 15 is 0 Å². The van der Waals surface area contributed by atoms with Crippen LogP contribution in [0.4, 0.5) is 0 Å². The third kappa shape index (κ3) is 1.96. The topological polar surface area (TPSA) is 30.2 Å². The van der Waals surface area contributed by atoms with E-state index in [9.17, 15) is 4.79 Å². The molecule has 0 radical (unpaired) electrons. The Kier molecular flexibility index (Phi) is 3.28. The van der Waals surface area contributed by atoms with E-state index in [2.05, 4.69) is 6.07 Å². The number of hydrogen-bond donors (Lipinski definition) is 0. The molecular formula is C11H9O2W-. The average Bonchev–Trinajstić information content (AvgIpc) is 2.02. The van der Waals surface area contributed by atoms with Crippen molar-refractivity contribution in [3.63, 3.8) is 0 Å². The van der Waals surface area contributed by atoms with Crippen molar-refractivity contribution in [2.75, 3.05) is 0 Å². The largest absolute Gasteiger partial charge is 0.456 e. The maximum atomic E-state index is 11.0. The van der Waals surface area contributed by atoms with E-state index < -0.39 is 5.63 Å². The van der Waals surface area contributed by atoms with Crippen LogP contribution >= 0.6 is 0 Å². The van der Waals surface area contributed by atoms with Crippen LogP contribution in [0.5, 0.6) is 0 Å². The van der Waals surface area contributed by atoms with Crippen molar-refractivity contribution in [1.29, 1.82) is 0 Å². The van der Waals surface area contributed by atoms with E-state index in [1.165, 1.54) is 0 Å². The maximum absolute atomic E-state index is 11.0. The van der Waals surface area contributed by atoms with Gasteiger partial charge in [-0.05, 0) is 13.0 Å². The van der Waals surface area contributed by atoms with Crippen LogP contribution < -0.4 is 5.63 Å². The van der Waals surface area contributed by atoms with Gasteiger partial charge >= 0.3 is 0 Å². The van der Waals surface area contributed by atoms with Crippen LogP contribution in [0.2, 0.25) is 0 Å². The van der Waals surface area contributed by atoms with Gasteiger partial charge in [0.05, 0.1) is 5.58 Å². The summed E-state index contributed by atoms with van der Waals surface area (Å²) >= 11 is 0. The fourth-order valence-electron chi connectivity index (χ4n) is 1.37. The number of fused-ring (bicyclic) bond motifs is 1. The van der Waals surface area contributed by atoms with E-state index in [0.717, 1.165) is 16.5 Å². The number of hydrogen-bond acceptors (Lipinski definition) is 2. The zero-order valence-corrected chi connectivity index (χ0v) is 10.9. The van der Waals surface area contributed by atoms with Crippen molar-refractivity contribution in [3.8, 4) is 0 Å². The van der Waals surface area contributed by atoms with Gasteiger partial charge in [-0.25, -0.2) is 5.56 Å². The molecule has 1 heterocycles. The van der Waals surface area contributed by atoms with Gasteiger partial charge in [0.15, 0.2) is 0 Å². The molecule has 0 aliphatic carbocycles. The molecule has 72 valence electrons. The van der Waals surface area contributed by atoms with Crippen molar-refractivity contribution in [2.24, 2.45) is 0 Å². The van der Waals surface area contributed by atoms with Gasteiger partial charge in [-0.15, -0.1) is 11.5 Å². The summed E-state index contributed by atoms with van der Waals surface area (Å²) < 4.78 is 5.01. The molecule has 0 aliphatic rings. The minimum atomic E-state index is -0.407. The quantitative estimate of drug-likeness (QED) is 0.535. The fraction of sp³-hybridized carbons (Fsp3) is 0.182. The van der Waals surface area contributed by atoms with E-state index in [0.29, 0.717) is 5.58 Å². The molecule has 0 fully saturated rings. The summed E-state index contributed by atoms with van der Waals surface area (Å²) in [6.45, 7) is 3.82. The first kappa shape index (κ1) is 11.2. The second kappa shape index (κ2) is 4.10. The molecule has 14 heavy (non-hydrogen) atoms. The SMILES string of the molecule is Cc1ccc2c(C)[c-]c(=O)oc2c1.[W]. The molecule has 0 bridgehead atoms. The van der Waals surface area contributed by atoms with Gasteiger partial charge in [-0.2, -0.15) is 6.07 Å². The fourth-order valence-corrected chi connectivity index (χ4v) is 1.37. The van der Waals surface area contributed by atoms with Gasteiger partial charge in [-0.1, -0.05) is 18.6 Å². The summed E-state index contributed by atoms with van der Waals surface area (Å²) in [5, 5.41) is 0.949. The molecule has 2 nitrogen and oxygen atoms in total. The van der Waals surface area contributed by atoms with Crippen molar-refractivity contribution in [3.05, 3.63) is 45.8 Å². The van der Waals surface area contributed by atoms with Crippen molar-refractivity contribution < 1.29 is 25.5 Å². The third-order valence-electron chi connectivity index (χ3n) is 2.03. The number of benzene rings is 1.